The molecule has 2 N–H and O–H groups in total. The van der Waals surface area contributed by atoms with Gasteiger partial charge >= 0.3 is 0 Å². The van der Waals surface area contributed by atoms with Gasteiger partial charge in [-0.3, -0.25) is 19.7 Å². The first-order valence-corrected chi connectivity index (χ1v) is 11.5. The van der Waals surface area contributed by atoms with Gasteiger partial charge in [0.05, 0.1) is 24.9 Å². The van der Waals surface area contributed by atoms with Crippen LogP contribution in [0.5, 0.6) is 0 Å². The summed E-state index contributed by atoms with van der Waals surface area (Å²) in [5, 5.41) is 10.4. The molecule has 1 amide bonds. The predicted molar refractivity (Wildman–Crippen MR) is 124 cm³/mol. The van der Waals surface area contributed by atoms with Crippen LogP contribution in [-0.4, -0.2) is 84.9 Å². The molecule has 1 aliphatic rings. The standard InChI is InChI=1S/C24H36FN5O2/c1-18(2)15-30-11-12-32-22(16-30)14-26-24(31)17-29(3)10-4-5-21-13-23(28-27-21)19-6-8-20(25)9-7-19/h6-9,13,18,22H,4-5,10-12,14-17H2,1-3H3,(H,26,31)(H,27,28). The first-order chi connectivity index (χ1) is 15.4. The Morgan fingerprint density at radius 3 is 2.91 bits per heavy atom. The van der Waals surface area contributed by atoms with Crippen LogP contribution in [0.2, 0.25) is 0 Å². The van der Waals surface area contributed by atoms with Crippen LogP contribution in [0, 0.1) is 11.7 Å². The van der Waals surface area contributed by atoms with Crippen LogP contribution in [-0.2, 0) is 16.0 Å². The molecule has 1 atom stereocenters. The number of benzene rings is 1. The summed E-state index contributed by atoms with van der Waals surface area (Å²) in [5.41, 5.74) is 2.73. The maximum absolute atomic E-state index is 13.1. The predicted octanol–water partition coefficient (Wildman–Crippen LogP) is 2.55. The van der Waals surface area contributed by atoms with Crippen molar-refractivity contribution in [1.82, 2.24) is 25.3 Å². The zero-order valence-electron chi connectivity index (χ0n) is 19.4. The molecule has 0 spiro atoms. The largest absolute Gasteiger partial charge is 0.374 e. The molecule has 1 aliphatic heterocycles. The number of nitrogens with one attached hydrogen (secondary N) is 2. The summed E-state index contributed by atoms with van der Waals surface area (Å²) in [4.78, 5) is 16.7. The Bertz CT molecular complexity index is 839. The molecular formula is C24H36FN5O2. The lowest BCUT2D eigenvalue weighted by atomic mass is 10.1. The molecule has 176 valence electrons. The minimum absolute atomic E-state index is 0.0252. The zero-order chi connectivity index (χ0) is 22.9. The van der Waals surface area contributed by atoms with Crippen molar-refractivity contribution in [1.29, 1.82) is 0 Å². The van der Waals surface area contributed by atoms with E-state index in [1.807, 2.05) is 18.0 Å². The van der Waals surface area contributed by atoms with Crippen molar-refractivity contribution >= 4 is 5.91 Å². The van der Waals surface area contributed by atoms with E-state index in [-0.39, 0.29) is 17.8 Å². The van der Waals surface area contributed by atoms with Crippen LogP contribution < -0.4 is 5.32 Å². The van der Waals surface area contributed by atoms with Crippen LogP contribution in [0.15, 0.2) is 30.3 Å². The Hall–Kier alpha value is -2.29. The smallest absolute Gasteiger partial charge is 0.234 e. The molecule has 0 bridgehead atoms. The fourth-order valence-electron chi connectivity index (χ4n) is 3.99. The van der Waals surface area contributed by atoms with Crippen molar-refractivity contribution < 1.29 is 13.9 Å². The number of hydrogen-bond donors (Lipinski definition) is 2. The van der Waals surface area contributed by atoms with E-state index in [0.29, 0.717) is 19.0 Å². The Balaban J connectivity index is 1.32. The highest BCUT2D eigenvalue weighted by Crippen LogP contribution is 2.18. The normalized spacial score (nSPS) is 17.2. The minimum atomic E-state index is -0.254. The number of amides is 1. The monoisotopic (exact) mass is 445 g/mol. The molecule has 1 saturated heterocycles. The number of aryl methyl sites for hydroxylation is 1. The molecule has 1 aromatic carbocycles. The van der Waals surface area contributed by atoms with Crippen molar-refractivity contribution in [2.45, 2.75) is 32.8 Å². The summed E-state index contributed by atoms with van der Waals surface area (Å²) in [6, 6.07) is 8.31. The number of carbonyl (C=O) groups excluding carboxylic acids is 1. The summed E-state index contributed by atoms with van der Waals surface area (Å²) in [6.07, 6.45) is 1.80. The summed E-state index contributed by atoms with van der Waals surface area (Å²) < 4.78 is 18.9. The fourth-order valence-corrected chi connectivity index (χ4v) is 3.99. The van der Waals surface area contributed by atoms with Crippen molar-refractivity contribution in [2.75, 3.05) is 52.9 Å². The number of likely N-dealkylation sites (N-methyl/N-ethyl adjacent to an activating group) is 1. The molecule has 1 aromatic heterocycles. The molecule has 1 unspecified atom stereocenters. The third-order valence-electron chi connectivity index (χ3n) is 5.54. The molecule has 2 heterocycles. The fraction of sp³-hybridized carbons (Fsp3) is 0.583. The Labute approximate surface area is 190 Å². The molecule has 0 aliphatic carbocycles. The maximum Gasteiger partial charge on any atom is 0.234 e. The Kier molecular flexibility index (Phi) is 9.20. The summed E-state index contributed by atoms with van der Waals surface area (Å²) in [5.74, 6) is 0.404. The number of nitrogens with zero attached hydrogens (tertiary/aromatic N) is 3. The SMILES string of the molecule is CC(C)CN1CCOC(CNC(=O)CN(C)CCCc2cc(-c3ccc(F)cc3)n[nH]2)C1. The summed E-state index contributed by atoms with van der Waals surface area (Å²) >= 11 is 0. The lowest BCUT2D eigenvalue weighted by Gasteiger charge is -2.34. The lowest BCUT2D eigenvalue weighted by molar-refractivity contribution is -0.123. The molecule has 32 heavy (non-hydrogen) atoms. The van der Waals surface area contributed by atoms with E-state index >= 15 is 0 Å². The number of aromatic amines is 1. The minimum Gasteiger partial charge on any atom is -0.374 e. The third-order valence-corrected chi connectivity index (χ3v) is 5.54. The first-order valence-electron chi connectivity index (χ1n) is 11.5. The second-order valence-corrected chi connectivity index (χ2v) is 9.08. The van der Waals surface area contributed by atoms with E-state index in [1.165, 1.54) is 12.1 Å². The van der Waals surface area contributed by atoms with Gasteiger partial charge in [-0.25, -0.2) is 4.39 Å². The second-order valence-electron chi connectivity index (χ2n) is 9.08. The average Bonchev–Trinajstić information content (AvgIpc) is 3.21. The lowest BCUT2D eigenvalue weighted by Crippen LogP contribution is -2.49. The zero-order valence-corrected chi connectivity index (χ0v) is 19.4. The van der Waals surface area contributed by atoms with Crippen LogP contribution in [0.1, 0.15) is 26.0 Å². The maximum atomic E-state index is 13.1. The molecule has 7 nitrogen and oxygen atoms in total. The number of carbonyl (C=O) groups is 1. The van der Waals surface area contributed by atoms with Crippen molar-refractivity contribution in [3.05, 3.63) is 41.8 Å². The number of hydrogen-bond acceptors (Lipinski definition) is 5. The number of morpholine rings is 1. The molecular weight excluding hydrogens is 409 g/mol. The van der Waals surface area contributed by atoms with Gasteiger partial charge < -0.3 is 10.1 Å². The third kappa shape index (κ3) is 8.00. The number of aromatic nitrogens is 2. The highest BCUT2D eigenvalue weighted by molar-refractivity contribution is 5.78. The second kappa shape index (κ2) is 12.1. The highest BCUT2D eigenvalue weighted by Gasteiger charge is 2.21. The van der Waals surface area contributed by atoms with Crippen molar-refractivity contribution in [2.24, 2.45) is 5.92 Å². The first kappa shape index (κ1) is 24.4. The van der Waals surface area contributed by atoms with Crippen molar-refractivity contribution in [3.63, 3.8) is 0 Å². The van der Waals surface area contributed by atoms with Gasteiger partial charge in [-0.1, -0.05) is 13.8 Å². The van der Waals surface area contributed by atoms with Crippen LogP contribution in [0.4, 0.5) is 4.39 Å². The van der Waals surface area contributed by atoms with E-state index in [2.05, 4.69) is 34.3 Å². The highest BCUT2D eigenvalue weighted by atomic mass is 19.1. The molecule has 2 aromatic rings. The van der Waals surface area contributed by atoms with Gasteiger partial charge in [-0.2, -0.15) is 5.10 Å². The van der Waals surface area contributed by atoms with E-state index in [9.17, 15) is 9.18 Å². The van der Waals surface area contributed by atoms with Gasteiger partial charge in [0.2, 0.25) is 5.91 Å². The Morgan fingerprint density at radius 1 is 1.38 bits per heavy atom. The molecule has 8 heteroatoms. The van der Waals surface area contributed by atoms with E-state index < -0.39 is 0 Å². The average molecular weight is 446 g/mol. The van der Waals surface area contributed by atoms with Gasteiger partial charge in [0.25, 0.3) is 0 Å². The number of ether oxygens (including phenoxy) is 1. The van der Waals surface area contributed by atoms with Crippen molar-refractivity contribution in [3.8, 4) is 11.3 Å². The number of halogens is 1. The molecule has 0 saturated carbocycles. The van der Waals surface area contributed by atoms with Gasteiger partial charge in [0, 0.05) is 37.4 Å². The van der Waals surface area contributed by atoms with Crippen LogP contribution in [0.3, 0.4) is 0 Å². The van der Waals surface area contributed by atoms with E-state index in [4.69, 9.17) is 4.74 Å². The van der Waals surface area contributed by atoms with Gasteiger partial charge in [0.15, 0.2) is 0 Å². The van der Waals surface area contributed by atoms with Gasteiger partial charge in [-0.15, -0.1) is 0 Å². The van der Waals surface area contributed by atoms with Crippen LogP contribution >= 0.6 is 0 Å². The molecule has 0 radical (unpaired) electrons. The quantitative estimate of drug-likeness (QED) is 0.556. The summed E-state index contributed by atoms with van der Waals surface area (Å²) in [7, 11) is 1.96. The topological polar surface area (TPSA) is 73.5 Å². The number of H-pyrrole nitrogens is 1. The van der Waals surface area contributed by atoms with Gasteiger partial charge in [0.1, 0.15) is 5.82 Å². The Morgan fingerprint density at radius 2 is 2.16 bits per heavy atom. The van der Waals surface area contributed by atoms with E-state index in [1.54, 1.807) is 12.1 Å². The summed E-state index contributed by atoms with van der Waals surface area (Å²) in [6.45, 7) is 9.80. The molecule has 3 rings (SSSR count). The van der Waals surface area contributed by atoms with Gasteiger partial charge in [-0.05, 0) is 62.7 Å². The molecule has 1 fully saturated rings. The number of rotatable bonds is 11. The van der Waals surface area contributed by atoms with Crippen LogP contribution in [0.25, 0.3) is 11.3 Å². The van der Waals surface area contributed by atoms with E-state index in [0.717, 1.165) is 62.6 Å².